The first-order valence-corrected chi connectivity index (χ1v) is 10.5. The Balaban J connectivity index is 1.45. The summed E-state index contributed by atoms with van der Waals surface area (Å²) < 4.78 is 5.23. The molecule has 4 rings (SSSR count). The van der Waals surface area contributed by atoms with Crippen LogP contribution < -0.4 is 15.8 Å². The molecule has 0 radical (unpaired) electrons. The van der Waals surface area contributed by atoms with E-state index in [0.717, 1.165) is 50.0 Å². The van der Waals surface area contributed by atoms with Gasteiger partial charge in [-0.3, -0.25) is 14.5 Å². The second-order valence-corrected chi connectivity index (χ2v) is 8.48. The SMILES string of the molecule is COc1ccc([C@@H]2CCCN2CC(=O)Nc2sc3c(c2C(N)=O)CCC3)cc1. The highest BCUT2D eigenvalue weighted by Gasteiger charge is 2.29. The highest BCUT2D eigenvalue weighted by Crippen LogP contribution is 2.39. The zero-order chi connectivity index (χ0) is 19.7. The maximum atomic E-state index is 12.7. The van der Waals surface area contributed by atoms with Gasteiger partial charge in [0.05, 0.1) is 19.2 Å². The Hall–Kier alpha value is -2.38. The average molecular weight is 400 g/mol. The predicted octanol–water partition coefficient (Wildman–Crippen LogP) is 3.12. The zero-order valence-corrected chi connectivity index (χ0v) is 16.8. The summed E-state index contributed by atoms with van der Waals surface area (Å²) in [7, 11) is 1.65. The molecule has 0 spiro atoms. The van der Waals surface area contributed by atoms with Crippen LogP contribution in [0.15, 0.2) is 24.3 Å². The standard InChI is InChI=1S/C21H25N3O3S/c1-27-14-9-7-13(8-10-14)16-5-3-11-24(16)12-18(25)23-21-19(20(22)26)15-4-2-6-17(15)28-21/h7-10,16H,2-6,11-12H2,1H3,(H2,22,26)(H,23,25)/t16-/m0/s1. The molecule has 7 heteroatoms. The fourth-order valence-corrected chi connectivity index (χ4v) is 5.63. The van der Waals surface area contributed by atoms with E-state index in [4.69, 9.17) is 10.5 Å². The minimum atomic E-state index is -0.452. The van der Waals surface area contributed by atoms with E-state index in [1.807, 2.05) is 12.1 Å². The number of nitrogens with two attached hydrogens (primary N) is 1. The first-order valence-electron chi connectivity index (χ1n) is 9.69. The summed E-state index contributed by atoms with van der Waals surface area (Å²) >= 11 is 1.50. The van der Waals surface area contributed by atoms with Crippen LogP contribution in [0.25, 0.3) is 0 Å². The number of fused-ring (bicyclic) bond motifs is 1. The minimum Gasteiger partial charge on any atom is -0.497 e. The number of methoxy groups -OCH3 is 1. The molecule has 1 aliphatic carbocycles. The van der Waals surface area contributed by atoms with Crippen LogP contribution in [0.4, 0.5) is 5.00 Å². The highest BCUT2D eigenvalue weighted by atomic mass is 32.1. The number of anilines is 1. The maximum Gasteiger partial charge on any atom is 0.251 e. The van der Waals surface area contributed by atoms with Gasteiger partial charge in [0, 0.05) is 10.9 Å². The summed E-state index contributed by atoms with van der Waals surface area (Å²) in [5.41, 5.74) is 8.33. The molecule has 2 aliphatic rings. The van der Waals surface area contributed by atoms with Gasteiger partial charge in [-0.05, 0) is 61.9 Å². The third kappa shape index (κ3) is 3.64. The molecule has 2 heterocycles. The summed E-state index contributed by atoms with van der Waals surface area (Å²) in [4.78, 5) is 28.0. The topological polar surface area (TPSA) is 84.7 Å². The third-order valence-electron chi connectivity index (χ3n) is 5.63. The van der Waals surface area contributed by atoms with Crippen molar-refractivity contribution in [3.63, 3.8) is 0 Å². The number of hydrogen-bond donors (Lipinski definition) is 2. The number of nitrogens with zero attached hydrogens (tertiary/aromatic N) is 1. The van der Waals surface area contributed by atoms with Crippen molar-refractivity contribution in [2.75, 3.05) is 25.5 Å². The Bertz CT molecular complexity index is 891. The first-order chi connectivity index (χ1) is 13.6. The van der Waals surface area contributed by atoms with E-state index < -0.39 is 5.91 Å². The van der Waals surface area contributed by atoms with Crippen molar-refractivity contribution < 1.29 is 14.3 Å². The average Bonchev–Trinajstić information content (AvgIpc) is 3.37. The molecule has 0 bridgehead atoms. The first kappa shape index (κ1) is 19.0. The second-order valence-electron chi connectivity index (χ2n) is 7.38. The lowest BCUT2D eigenvalue weighted by Gasteiger charge is -2.24. The smallest absolute Gasteiger partial charge is 0.251 e. The fourth-order valence-electron chi connectivity index (χ4n) is 4.32. The van der Waals surface area contributed by atoms with Gasteiger partial charge in [0.1, 0.15) is 10.8 Å². The molecule has 1 aliphatic heterocycles. The molecule has 1 atom stereocenters. The number of thiophene rings is 1. The monoisotopic (exact) mass is 399 g/mol. The van der Waals surface area contributed by atoms with Crippen molar-refractivity contribution in [2.24, 2.45) is 5.73 Å². The molecule has 2 aromatic rings. The molecular weight excluding hydrogens is 374 g/mol. The van der Waals surface area contributed by atoms with Crippen LogP contribution in [0.2, 0.25) is 0 Å². The Morgan fingerprint density at radius 3 is 2.75 bits per heavy atom. The number of ether oxygens (including phenoxy) is 1. The molecule has 6 nitrogen and oxygen atoms in total. The van der Waals surface area contributed by atoms with Crippen LogP contribution in [0.5, 0.6) is 5.75 Å². The number of aryl methyl sites for hydroxylation is 1. The van der Waals surface area contributed by atoms with Crippen molar-refractivity contribution >= 4 is 28.2 Å². The number of primary amides is 1. The van der Waals surface area contributed by atoms with E-state index in [-0.39, 0.29) is 11.9 Å². The van der Waals surface area contributed by atoms with Crippen LogP contribution >= 0.6 is 11.3 Å². The van der Waals surface area contributed by atoms with Crippen molar-refractivity contribution in [3.05, 3.63) is 45.8 Å². The molecule has 0 unspecified atom stereocenters. The van der Waals surface area contributed by atoms with Gasteiger partial charge >= 0.3 is 0 Å². The lowest BCUT2D eigenvalue weighted by Crippen LogP contribution is -2.33. The molecule has 1 aromatic carbocycles. The van der Waals surface area contributed by atoms with E-state index in [1.165, 1.54) is 21.8 Å². The molecule has 1 saturated heterocycles. The molecule has 3 N–H and O–H groups in total. The number of hydrogen-bond acceptors (Lipinski definition) is 5. The fraction of sp³-hybridized carbons (Fsp3) is 0.429. The van der Waals surface area contributed by atoms with Gasteiger partial charge < -0.3 is 15.8 Å². The quantitative estimate of drug-likeness (QED) is 0.782. The number of carbonyl (C=O) groups is 2. The van der Waals surface area contributed by atoms with E-state index in [9.17, 15) is 9.59 Å². The molecule has 1 fully saturated rings. The van der Waals surface area contributed by atoms with Gasteiger partial charge in [-0.25, -0.2) is 0 Å². The Morgan fingerprint density at radius 2 is 2.04 bits per heavy atom. The molecular formula is C21H25N3O3S. The number of likely N-dealkylation sites (tertiary alicyclic amines) is 1. The lowest BCUT2D eigenvalue weighted by molar-refractivity contribution is -0.117. The van der Waals surface area contributed by atoms with Gasteiger partial charge in [0.25, 0.3) is 5.91 Å². The van der Waals surface area contributed by atoms with Crippen molar-refractivity contribution in [3.8, 4) is 5.75 Å². The van der Waals surface area contributed by atoms with Crippen LogP contribution in [-0.2, 0) is 17.6 Å². The summed E-state index contributed by atoms with van der Waals surface area (Å²) in [6, 6.07) is 8.26. The highest BCUT2D eigenvalue weighted by molar-refractivity contribution is 7.17. The number of nitrogens with one attached hydrogen (secondary N) is 1. The molecule has 0 saturated carbocycles. The Labute approximate surface area is 168 Å². The molecule has 148 valence electrons. The van der Waals surface area contributed by atoms with Gasteiger partial charge in [-0.1, -0.05) is 12.1 Å². The number of amides is 2. The summed E-state index contributed by atoms with van der Waals surface area (Å²) in [5, 5.41) is 3.57. The number of carbonyl (C=O) groups excluding carboxylic acids is 2. The van der Waals surface area contributed by atoms with E-state index in [0.29, 0.717) is 17.1 Å². The molecule has 28 heavy (non-hydrogen) atoms. The van der Waals surface area contributed by atoms with Crippen LogP contribution in [0, 0.1) is 0 Å². The lowest BCUT2D eigenvalue weighted by atomic mass is 10.0. The third-order valence-corrected chi connectivity index (χ3v) is 6.84. The van der Waals surface area contributed by atoms with Gasteiger partial charge in [-0.2, -0.15) is 0 Å². The van der Waals surface area contributed by atoms with Gasteiger partial charge in [0.2, 0.25) is 5.91 Å². The summed E-state index contributed by atoms with van der Waals surface area (Å²) in [6.45, 7) is 1.19. The summed E-state index contributed by atoms with van der Waals surface area (Å²) in [6.07, 6.45) is 4.96. The largest absolute Gasteiger partial charge is 0.497 e. The van der Waals surface area contributed by atoms with Gasteiger partial charge in [0.15, 0.2) is 0 Å². The van der Waals surface area contributed by atoms with Crippen LogP contribution in [-0.4, -0.2) is 36.9 Å². The van der Waals surface area contributed by atoms with Crippen LogP contribution in [0.3, 0.4) is 0 Å². The van der Waals surface area contributed by atoms with Crippen molar-refractivity contribution in [1.82, 2.24) is 4.90 Å². The van der Waals surface area contributed by atoms with Crippen molar-refractivity contribution in [2.45, 2.75) is 38.1 Å². The van der Waals surface area contributed by atoms with Crippen molar-refractivity contribution in [1.29, 1.82) is 0 Å². The van der Waals surface area contributed by atoms with Crippen LogP contribution in [0.1, 0.15) is 51.7 Å². The number of rotatable bonds is 6. The summed E-state index contributed by atoms with van der Waals surface area (Å²) in [5.74, 6) is 0.283. The second kappa shape index (κ2) is 7.93. The Kier molecular flexibility index (Phi) is 5.37. The molecule has 1 aromatic heterocycles. The number of benzene rings is 1. The van der Waals surface area contributed by atoms with E-state index in [1.54, 1.807) is 7.11 Å². The maximum absolute atomic E-state index is 12.7. The van der Waals surface area contributed by atoms with E-state index >= 15 is 0 Å². The molecule has 2 amide bonds. The minimum absolute atomic E-state index is 0.0946. The zero-order valence-electron chi connectivity index (χ0n) is 16.0. The predicted molar refractivity (Wildman–Crippen MR) is 110 cm³/mol. The normalized spacial score (nSPS) is 18.8. The van der Waals surface area contributed by atoms with Gasteiger partial charge in [-0.15, -0.1) is 11.3 Å². The van der Waals surface area contributed by atoms with E-state index in [2.05, 4.69) is 22.3 Å². The Morgan fingerprint density at radius 1 is 1.25 bits per heavy atom.